The smallest absolute Gasteiger partial charge is 0.225 e. The van der Waals surface area contributed by atoms with E-state index in [0.29, 0.717) is 24.5 Å². The number of carbonyl (C=O) groups excluding carboxylic acids is 4. The van der Waals surface area contributed by atoms with Crippen LogP contribution in [0.3, 0.4) is 0 Å². The van der Waals surface area contributed by atoms with E-state index in [9.17, 15) is 29.4 Å². The number of benzene rings is 1. The number of aromatic nitrogens is 2. The average Bonchev–Trinajstić information content (AvgIpc) is 3.43. The molecule has 11 nitrogen and oxygen atoms in total. The van der Waals surface area contributed by atoms with Crippen LogP contribution in [0.25, 0.3) is 0 Å². The summed E-state index contributed by atoms with van der Waals surface area (Å²) in [7, 11) is 0. The van der Waals surface area contributed by atoms with Gasteiger partial charge in [-0.2, -0.15) is 5.10 Å². The summed E-state index contributed by atoms with van der Waals surface area (Å²) in [5.41, 5.74) is -1.47. The van der Waals surface area contributed by atoms with Gasteiger partial charge in [-0.3, -0.25) is 19.2 Å². The van der Waals surface area contributed by atoms with Gasteiger partial charge in [0.2, 0.25) is 5.91 Å². The molecule has 1 aromatic carbocycles. The number of amides is 1. The van der Waals surface area contributed by atoms with E-state index in [-0.39, 0.29) is 57.9 Å². The molecule has 1 aromatic heterocycles. The first-order valence-corrected chi connectivity index (χ1v) is 12.7. The lowest BCUT2D eigenvalue weighted by Gasteiger charge is -2.29. The van der Waals surface area contributed by atoms with Gasteiger partial charge in [0.1, 0.15) is 39.8 Å². The van der Waals surface area contributed by atoms with E-state index in [4.69, 9.17) is 4.74 Å². The van der Waals surface area contributed by atoms with E-state index >= 15 is 0 Å². The van der Waals surface area contributed by atoms with Crippen molar-refractivity contribution in [2.24, 2.45) is 0 Å². The second-order valence-electron chi connectivity index (χ2n) is 10.2. The number of ether oxygens (including phenoxy) is 1. The molecule has 2 aliphatic rings. The molecule has 11 heteroatoms. The molecule has 206 valence electrons. The molecule has 1 atom stereocenters. The van der Waals surface area contributed by atoms with Gasteiger partial charge in [-0.25, -0.2) is 4.68 Å². The number of anilines is 1. The van der Waals surface area contributed by atoms with Gasteiger partial charge in [0.05, 0.1) is 17.3 Å². The highest BCUT2D eigenvalue weighted by molar-refractivity contribution is 6.31. The second kappa shape index (κ2) is 10.0. The first-order chi connectivity index (χ1) is 18.3. The minimum absolute atomic E-state index is 0.0239. The van der Waals surface area contributed by atoms with Crippen molar-refractivity contribution in [1.29, 1.82) is 0 Å². The van der Waals surface area contributed by atoms with Crippen LogP contribution in [0.2, 0.25) is 0 Å². The predicted molar refractivity (Wildman–Crippen MR) is 142 cm³/mol. The summed E-state index contributed by atoms with van der Waals surface area (Å²) in [6.07, 6.45) is 3.42. The Hall–Kier alpha value is -4.41. The molecule has 0 radical (unpaired) electrons. The maximum atomic E-state index is 13.8. The first-order valence-electron chi connectivity index (χ1n) is 12.7. The van der Waals surface area contributed by atoms with Crippen LogP contribution < -0.4 is 15.4 Å². The largest absolute Gasteiger partial charge is 0.507 e. The van der Waals surface area contributed by atoms with Crippen molar-refractivity contribution in [3.63, 3.8) is 0 Å². The first kappa shape index (κ1) is 27.6. The lowest BCUT2D eigenvalue weighted by Crippen LogP contribution is -2.41. The Kier molecular flexibility index (Phi) is 7.12. The Morgan fingerprint density at radius 1 is 1.18 bits per heavy atom. The van der Waals surface area contributed by atoms with Crippen molar-refractivity contribution in [1.82, 2.24) is 15.1 Å². The highest BCUT2D eigenvalue weighted by atomic mass is 16.5. The zero-order valence-corrected chi connectivity index (χ0v) is 22.8. The summed E-state index contributed by atoms with van der Waals surface area (Å²) in [6.45, 7) is 10.0. The fourth-order valence-corrected chi connectivity index (χ4v) is 5.01. The monoisotopic (exact) mass is 536 g/mol. The van der Waals surface area contributed by atoms with Crippen LogP contribution in [-0.2, 0) is 19.8 Å². The maximum Gasteiger partial charge on any atom is 0.225 e. The van der Waals surface area contributed by atoms with Crippen LogP contribution in [0.4, 0.5) is 5.82 Å². The predicted octanol–water partition coefficient (Wildman–Crippen LogP) is 3.35. The Morgan fingerprint density at radius 2 is 1.87 bits per heavy atom. The second-order valence-corrected chi connectivity index (χ2v) is 10.2. The zero-order chi connectivity index (χ0) is 28.8. The Bertz CT molecular complexity index is 1480. The molecule has 0 saturated carbocycles. The van der Waals surface area contributed by atoms with E-state index < -0.39 is 28.5 Å². The van der Waals surface area contributed by atoms with Crippen LogP contribution in [-0.4, -0.2) is 49.8 Å². The number of phenolic OH excluding ortho intramolecular Hbond substituents is 2. The number of nitrogens with one attached hydrogen (secondary N) is 2. The third-order valence-corrected chi connectivity index (χ3v) is 7.16. The van der Waals surface area contributed by atoms with Gasteiger partial charge in [-0.05, 0) is 48.0 Å². The number of Topliss-reactive ketones (excluding diaryl/α,β-unsaturated/α-hetero) is 2. The highest BCUT2D eigenvalue weighted by Gasteiger charge is 2.56. The third kappa shape index (κ3) is 4.47. The molecule has 2 aromatic rings. The summed E-state index contributed by atoms with van der Waals surface area (Å²) >= 11 is 0. The van der Waals surface area contributed by atoms with Gasteiger partial charge in [0.15, 0.2) is 17.3 Å². The zero-order valence-electron chi connectivity index (χ0n) is 22.8. The summed E-state index contributed by atoms with van der Waals surface area (Å²) in [4.78, 5) is 51.5. The number of ketones is 3. The molecule has 0 unspecified atom stereocenters. The number of rotatable bonds is 8. The van der Waals surface area contributed by atoms with Crippen molar-refractivity contribution in [3.8, 4) is 17.2 Å². The van der Waals surface area contributed by atoms with Crippen molar-refractivity contribution >= 4 is 29.1 Å². The Labute approximate surface area is 225 Å². The minimum atomic E-state index is -1.58. The number of allylic oxidation sites excluding steroid dienone is 4. The van der Waals surface area contributed by atoms with Crippen molar-refractivity contribution in [2.75, 3.05) is 11.9 Å². The van der Waals surface area contributed by atoms with E-state index in [1.165, 1.54) is 26.8 Å². The normalized spacial score (nSPS) is 19.3. The van der Waals surface area contributed by atoms with Crippen LogP contribution in [0, 0.1) is 6.92 Å². The fraction of sp³-hybridized carbons (Fsp3) is 0.393. The molecule has 0 fully saturated rings. The molecule has 1 amide bonds. The lowest BCUT2D eigenvalue weighted by molar-refractivity contribution is -0.123. The molecule has 0 saturated heterocycles. The highest BCUT2D eigenvalue weighted by Crippen LogP contribution is 2.57. The van der Waals surface area contributed by atoms with E-state index in [0.717, 1.165) is 0 Å². The number of fused-ring (bicyclic) bond motifs is 3. The molecule has 0 bridgehead atoms. The average molecular weight is 537 g/mol. The summed E-state index contributed by atoms with van der Waals surface area (Å²) in [5.74, 6) is -2.27. The van der Waals surface area contributed by atoms with Gasteiger partial charge in [-0.1, -0.05) is 0 Å². The molecule has 2 heterocycles. The van der Waals surface area contributed by atoms with Crippen molar-refractivity contribution < 1.29 is 34.1 Å². The molecule has 0 spiro atoms. The van der Waals surface area contributed by atoms with Crippen molar-refractivity contribution in [3.05, 3.63) is 52.1 Å². The van der Waals surface area contributed by atoms with Gasteiger partial charge >= 0.3 is 0 Å². The SMILES string of the molecule is CC(=O)c1c(O)c(C)c(O)c2c1OC1=CC(=O)/C(=C(/C)NCCCC(=O)Nc3ccnn3C(C)C)C(=O)[C@@]12C. The van der Waals surface area contributed by atoms with E-state index in [1.807, 2.05) is 13.8 Å². The van der Waals surface area contributed by atoms with E-state index in [2.05, 4.69) is 15.7 Å². The van der Waals surface area contributed by atoms with Gasteiger partial charge in [0.25, 0.3) is 0 Å². The van der Waals surface area contributed by atoms with Crippen LogP contribution in [0.5, 0.6) is 17.2 Å². The van der Waals surface area contributed by atoms with Crippen LogP contribution in [0.1, 0.15) is 75.0 Å². The topological polar surface area (TPSA) is 160 Å². The number of nitrogens with zero attached hydrogens (tertiary/aromatic N) is 2. The summed E-state index contributed by atoms with van der Waals surface area (Å²) in [5, 5.41) is 31.4. The van der Waals surface area contributed by atoms with E-state index in [1.54, 1.807) is 23.9 Å². The third-order valence-electron chi connectivity index (χ3n) is 7.16. The lowest BCUT2D eigenvalue weighted by atomic mass is 9.70. The summed E-state index contributed by atoms with van der Waals surface area (Å²) in [6, 6.07) is 1.81. The molecule has 39 heavy (non-hydrogen) atoms. The van der Waals surface area contributed by atoms with Gasteiger partial charge in [-0.15, -0.1) is 0 Å². The number of aromatic hydroxyl groups is 2. The quantitative estimate of drug-likeness (QED) is 0.172. The maximum absolute atomic E-state index is 13.8. The number of phenols is 2. The van der Waals surface area contributed by atoms with Gasteiger partial charge < -0.3 is 25.6 Å². The standard InChI is InChI=1S/C28H32N4O7/c1-13(2)32-19(9-11-30-32)31-20(35)8-7-10-29-15(4)21-17(34)12-18-28(6,27(21)38)23-25(37)14(3)24(36)22(16(5)33)26(23)39-18/h9,11-13,29,36-37H,7-8,10H2,1-6H3,(H,31,35)/b21-15+/t28-/m0/s1. The molecular weight excluding hydrogens is 504 g/mol. The Balaban J connectivity index is 1.53. The van der Waals surface area contributed by atoms with Crippen molar-refractivity contribution in [2.45, 2.75) is 65.8 Å². The number of carbonyl (C=O) groups is 4. The number of hydrogen-bond acceptors (Lipinski definition) is 9. The molecule has 4 rings (SSSR count). The molecule has 4 N–H and O–H groups in total. The van der Waals surface area contributed by atoms with Crippen LogP contribution in [0.15, 0.2) is 35.4 Å². The number of hydrogen-bond donors (Lipinski definition) is 4. The van der Waals surface area contributed by atoms with Gasteiger partial charge in [0, 0.05) is 42.4 Å². The molecule has 1 aliphatic heterocycles. The minimum Gasteiger partial charge on any atom is -0.507 e. The van der Waals surface area contributed by atoms with Crippen LogP contribution >= 0.6 is 0 Å². The molecular formula is C28H32N4O7. The summed E-state index contributed by atoms with van der Waals surface area (Å²) < 4.78 is 7.47. The molecule has 1 aliphatic carbocycles. The Morgan fingerprint density at radius 3 is 2.51 bits per heavy atom. The fourth-order valence-electron chi connectivity index (χ4n) is 5.01.